The number of esters is 1. The van der Waals surface area contributed by atoms with E-state index in [1.54, 1.807) is 19.9 Å². The van der Waals surface area contributed by atoms with E-state index in [0.29, 0.717) is 18.7 Å². The lowest BCUT2D eigenvalue weighted by Gasteiger charge is -2.33. The van der Waals surface area contributed by atoms with Crippen molar-refractivity contribution in [2.24, 2.45) is 5.92 Å². The van der Waals surface area contributed by atoms with E-state index in [1.165, 1.54) is 0 Å². The summed E-state index contributed by atoms with van der Waals surface area (Å²) in [6.45, 7) is 10.1. The smallest absolute Gasteiger partial charge is 0.350 e. The minimum Gasteiger partial charge on any atom is -0.481 e. The molecule has 0 bridgehead atoms. The molecule has 6 heteroatoms. The second kappa shape index (κ2) is 7.56. The zero-order chi connectivity index (χ0) is 19.5. The molecule has 1 saturated heterocycles. The van der Waals surface area contributed by atoms with Crippen LogP contribution in [0.15, 0.2) is 24.3 Å². The van der Waals surface area contributed by atoms with Crippen LogP contribution >= 0.6 is 0 Å². The molecule has 0 saturated carbocycles. The summed E-state index contributed by atoms with van der Waals surface area (Å²) < 4.78 is 11.3. The maximum atomic E-state index is 12.4. The van der Waals surface area contributed by atoms with Gasteiger partial charge in [0.25, 0.3) is 0 Å². The van der Waals surface area contributed by atoms with Crippen molar-refractivity contribution >= 4 is 17.6 Å². The molecule has 1 aromatic carbocycles. The highest BCUT2D eigenvalue weighted by Gasteiger charge is 2.35. The van der Waals surface area contributed by atoms with Gasteiger partial charge >= 0.3 is 11.9 Å². The molecular weight excluding hydrogens is 334 g/mol. The predicted octanol–water partition coefficient (Wildman–Crippen LogP) is 3.49. The van der Waals surface area contributed by atoms with Crippen molar-refractivity contribution < 1.29 is 24.2 Å². The number of piperidine rings is 1. The second-order valence-corrected chi connectivity index (χ2v) is 8.24. The van der Waals surface area contributed by atoms with Crippen molar-refractivity contribution in [1.29, 1.82) is 0 Å². The summed E-state index contributed by atoms with van der Waals surface area (Å²) in [4.78, 5) is 25.7. The molecule has 0 spiro atoms. The van der Waals surface area contributed by atoms with Crippen LogP contribution in [0.25, 0.3) is 0 Å². The molecule has 1 aromatic rings. The van der Waals surface area contributed by atoms with Crippen molar-refractivity contribution in [2.75, 3.05) is 18.0 Å². The second-order valence-electron chi connectivity index (χ2n) is 8.24. The van der Waals surface area contributed by atoms with Crippen LogP contribution in [0.4, 0.5) is 5.69 Å². The average Bonchev–Trinajstić information content (AvgIpc) is 2.53. The van der Waals surface area contributed by atoms with Crippen LogP contribution in [0.1, 0.15) is 47.5 Å². The zero-order valence-electron chi connectivity index (χ0n) is 16.2. The van der Waals surface area contributed by atoms with Crippen LogP contribution in [0.2, 0.25) is 0 Å². The van der Waals surface area contributed by atoms with Crippen molar-refractivity contribution in [3.63, 3.8) is 0 Å². The molecule has 1 aliphatic heterocycles. The van der Waals surface area contributed by atoms with Gasteiger partial charge in [-0.15, -0.1) is 0 Å². The number of carboxylic acids is 1. The zero-order valence-corrected chi connectivity index (χ0v) is 16.2. The summed E-state index contributed by atoms with van der Waals surface area (Å²) in [5, 5.41) is 9.26. The van der Waals surface area contributed by atoms with E-state index in [2.05, 4.69) is 4.90 Å². The molecule has 1 N–H and O–H groups in total. The number of ether oxygens (including phenoxy) is 2. The maximum absolute atomic E-state index is 12.4. The van der Waals surface area contributed by atoms with Gasteiger partial charge in [-0.2, -0.15) is 0 Å². The van der Waals surface area contributed by atoms with Gasteiger partial charge in [0.1, 0.15) is 11.4 Å². The molecule has 1 fully saturated rings. The molecule has 0 unspecified atom stereocenters. The van der Waals surface area contributed by atoms with Gasteiger partial charge in [0.2, 0.25) is 0 Å². The lowest BCUT2D eigenvalue weighted by atomic mass is 9.98. The molecule has 1 atom stereocenters. The standard InChI is InChI=1S/C20H29NO5/c1-19(2,3)26-18(24)20(4,5)25-16-10-6-9-15(12-16)21-11-7-8-14(13-21)17(22)23/h6,9-10,12,14H,7-8,11,13H2,1-5H3,(H,22,23)/t14-/m1/s1. The first-order valence-electron chi connectivity index (χ1n) is 8.98. The quantitative estimate of drug-likeness (QED) is 0.807. The SMILES string of the molecule is CC(C)(C)OC(=O)C(C)(C)Oc1cccc(N2CCC[C@@H](C(=O)O)C2)c1. The Balaban J connectivity index is 2.11. The topological polar surface area (TPSA) is 76.1 Å². The van der Waals surface area contributed by atoms with Gasteiger partial charge in [0.15, 0.2) is 5.60 Å². The Kier molecular flexibility index (Phi) is 5.84. The molecule has 1 aliphatic rings. The minimum absolute atomic E-state index is 0.355. The molecule has 2 rings (SSSR count). The third-order valence-electron chi connectivity index (χ3n) is 4.22. The molecular formula is C20H29NO5. The Bertz CT molecular complexity index is 662. The molecule has 0 amide bonds. The average molecular weight is 363 g/mol. The summed E-state index contributed by atoms with van der Waals surface area (Å²) in [6.07, 6.45) is 1.54. The number of benzene rings is 1. The third-order valence-corrected chi connectivity index (χ3v) is 4.22. The van der Waals surface area contributed by atoms with E-state index in [1.807, 2.05) is 39.0 Å². The summed E-state index contributed by atoms with van der Waals surface area (Å²) in [5.74, 6) is -0.991. The van der Waals surface area contributed by atoms with Gasteiger partial charge in [-0.05, 0) is 59.6 Å². The number of carboxylic acid groups (broad SMARTS) is 1. The van der Waals surface area contributed by atoms with Gasteiger partial charge in [0, 0.05) is 24.8 Å². The number of rotatable bonds is 5. The predicted molar refractivity (Wildman–Crippen MR) is 99.6 cm³/mol. The van der Waals surface area contributed by atoms with Crippen molar-refractivity contribution in [2.45, 2.75) is 58.7 Å². The maximum Gasteiger partial charge on any atom is 0.350 e. The first-order valence-corrected chi connectivity index (χ1v) is 8.98. The number of anilines is 1. The Morgan fingerprint density at radius 3 is 2.50 bits per heavy atom. The molecule has 0 aliphatic carbocycles. The summed E-state index contributed by atoms with van der Waals surface area (Å²) in [6, 6.07) is 7.41. The van der Waals surface area contributed by atoms with Crippen LogP contribution in [0.3, 0.4) is 0 Å². The van der Waals surface area contributed by atoms with Crippen molar-refractivity contribution in [3.8, 4) is 5.75 Å². The minimum atomic E-state index is -1.13. The molecule has 6 nitrogen and oxygen atoms in total. The third kappa shape index (κ3) is 5.38. The fourth-order valence-corrected chi connectivity index (χ4v) is 2.89. The summed E-state index contributed by atoms with van der Waals surface area (Å²) >= 11 is 0. The fraction of sp³-hybridized carbons (Fsp3) is 0.600. The summed E-state index contributed by atoms with van der Waals surface area (Å²) in [7, 11) is 0. The molecule has 0 aromatic heterocycles. The molecule has 1 heterocycles. The molecule has 144 valence electrons. The lowest BCUT2D eigenvalue weighted by Crippen LogP contribution is -2.43. The van der Waals surface area contributed by atoms with E-state index in [0.717, 1.165) is 18.7 Å². The van der Waals surface area contributed by atoms with E-state index in [9.17, 15) is 14.7 Å². The van der Waals surface area contributed by atoms with E-state index in [-0.39, 0.29) is 5.92 Å². The number of carbonyl (C=O) groups is 2. The molecule has 26 heavy (non-hydrogen) atoms. The number of nitrogens with zero attached hydrogens (tertiary/aromatic N) is 1. The van der Waals surface area contributed by atoms with Gasteiger partial charge in [-0.3, -0.25) is 4.79 Å². The highest BCUT2D eigenvalue weighted by atomic mass is 16.6. The first kappa shape index (κ1) is 20.1. The van der Waals surface area contributed by atoms with Gasteiger partial charge < -0.3 is 19.5 Å². The number of hydrogen-bond donors (Lipinski definition) is 1. The van der Waals surface area contributed by atoms with Crippen LogP contribution < -0.4 is 9.64 Å². The number of hydrogen-bond acceptors (Lipinski definition) is 5. The van der Waals surface area contributed by atoms with E-state index in [4.69, 9.17) is 9.47 Å². The normalized spacial score (nSPS) is 18.3. The van der Waals surface area contributed by atoms with Crippen molar-refractivity contribution in [3.05, 3.63) is 24.3 Å². The van der Waals surface area contributed by atoms with Crippen LogP contribution in [-0.2, 0) is 14.3 Å². The number of aliphatic carboxylic acids is 1. The Labute approximate surface area is 155 Å². The fourth-order valence-electron chi connectivity index (χ4n) is 2.89. The Morgan fingerprint density at radius 1 is 1.19 bits per heavy atom. The van der Waals surface area contributed by atoms with Crippen LogP contribution in [-0.4, -0.2) is 41.3 Å². The van der Waals surface area contributed by atoms with Gasteiger partial charge in [0.05, 0.1) is 5.92 Å². The number of carbonyl (C=O) groups excluding carboxylic acids is 1. The Hall–Kier alpha value is -2.24. The van der Waals surface area contributed by atoms with Crippen LogP contribution in [0.5, 0.6) is 5.75 Å². The molecule has 0 radical (unpaired) electrons. The van der Waals surface area contributed by atoms with E-state index < -0.39 is 23.1 Å². The van der Waals surface area contributed by atoms with E-state index >= 15 is 0 Å². The highest BCUT2D eigenvalue weighted by Crippen LogP contribution is 2.29. The van der Waals surface area contributed by atoms with Crippen LogP contribution in [0, 0.1) is 5.92 Å². The first-order chi connectivity index (χ1) is 12.0. The van der Waals surface area contributed by atoms with Crippen molar-refractivity contribution in [1.82, 2.24) is 0 Å². The van der Waals surface area contributed by atoms with Gasteiger partial charge in [-0.1, -0.05) is 6.07 Å². The van der Waals surface area contributed by atoms with Gasteiger partial charge in [-0.25, -0.2) is 4.79 Å². The highest BCUT2D eigenvalue weighted by molar-refractivity contribution is 5.79. The lowest BCUT2D eigenvalue weighted by molar-refractivity contribution is -0.170. The largest absolute Gasteiger partial charge is 0.481 e. The monoisotopic (exact) mass is 363 g/mol. The Morgan fingerprint density at radius 2 is 1.88 bits per heavy atom. The summed E-state index contributed by atoms with van der Waals surface area (Å²) in [5.41, 5.74) is -0.815.